The van der Waals surface area contributed by atoms with Crippen molar-refractivity contribution in [2.75, 3.05) is 4.90 Å². The SMILES string of the molecule is CC(C)Oc1ccc(/C(O)=C2\C(=O)C(=O)N(c3nccs3)C2c2cccc(Br)c2)cc1. The minimum absolute atomic E-state index is 0.0135. The summed E-state index contributed by atoms with van der Waals surface area (Å²) in [6.45, 7) is 3.85. The van der Waals surface area contributed by atoms with Crippen LogP contribution in [0.4, 0.5) is 5.13 Å². The number of amides is 1. The zero-order chi connectivity index (χ0) is 22.1. The number of hydrogen-bond acceptors (Lipinski definition) is 6. The lowest BCUT2D eigenvalue weighted by Gasteiger charge is -2.23. The fourth-order valence-corrected chi connectivity index (χ4v) is 4.56. The van der Waals surface area contributed by atoms with Gasteiger partial charge in [0.25, 0.3) is 5.78 Å². The van der Waals surface area contributed by atoms with Gasteiger partial charge < -0.3 is 9.84 Å². The number of halogens is 1. The Morgan fingerprint density at radius 3 is 2.55 bits per heavy atom. The van der Waals surface area contributed by atoms with Crippen LogP contribution in [0.3, 0.4) is 0 Å². The van der Waals surface area contributed by atoms with Crippen molar-refractivity contribution in [3.05, 3.63) is 81.3 Å². The first-order valence-corrected chi connectivity index (χ1v) is 11.3. The summed E-state index contributed by atoms with van der Waals surface area (Å²) in [5.41, 5.74) is 1.13. The average Bonchev–Trinajstić information content (AvgIpc) is 3.35. The molecule has 158 valence electrons. The summed E-state index contributed by atoms with van der Waals surface area (Å²) in [6, 6.07) is 13.3. The van der Waals surface area contributed by atoms with E-state index in [9.17, 15) is 14.7 Å². The van der Waals surface area contributed by atoms with Gasteiger partial charge >= 0.3 is 5.91 Å². The summed E-state index contributed by atoms with van der Waals surface area (Å²) in [5, 5.41) is 13.2. The molecule has 2 heterocycles. The Morgan fingerprint density at radius 1 is 1.19 bits per heavy atom. The summed E-state index contributed by atoms with van der Waals surface area (Å²) in [7, 11) is 0. The number of ether oxygens (including phenoxy) is 1. The summed E-state index contributed by atoms with van der Waals surface area (Å²) in [4.78, 5) is 31.6. The lowest BCUT2D eigenvalue weighted by molar-refractivity contribution is -0.132. The van der Waals surface area contributed by atoms with Crippen LogP contribution >= 0.6 is 27.3 Å². The quantitative estimate of drug-likeness (QED) is 0.292. The van der Waals surface area contributed by atoms with E-state index in [1.165, 1.54) is 16.2 Å². The first-order chi connectivity index (χ1) is 14.9. The second kappa shape index (κ2) is 8.64. The third-order valence-electron chi connectivity index (χ3n) is 4.73. The second-order valence-corrected chi connectivity index (χ2v) is 9.02. The number of nitrogens with zero attached hydrogens (tertiary/aromatic N) is 2. The van der Waals surface area contributed by atoms with Crippen LogP contribution in [0.25, 0.3) is 5.76 Å². The molecule has 1 aliphatic heterocycles. The number of aromatic nitrogens is 1. The van der Waals surface area contributed by atoms with Crippen LogP contribution in [0.15, 0.2) is 70.2 Å². The number of benzene rings is 2. The van der Waals surface area contributed by atoms with E-state index in [0.29, 0.717) is 22.0 Å². The molecule has 1 unspecified atom stereocenters. The van der Waals surface area contributed by atoms with Crippen LogP contribution in [0.5, 0.6) is 5.75 Å². The maximum absolute atomic E-state index is 13.0. The van der Waals surface area contributed by atoms with Gasteiger partial charge in [-0.3, -0.25) is 14.5 Å². The van der Waals surface area contributed by atoms with E-state index in [1.807, 2.05) is 38.1 Å². The van der Waals surface area contributed by atoms with Gasteiger partial charge in [-0.15, -0.1) is 11.3 Å². The number of thiazole rings is 1. The Kier molecular flexibility index (Phi) is 5.93. The Bertz CT molecular complexity index is 1160. The number of anilines is 1. The van der Waals surface area contributed by atoms with Crippen LogP contribution in [0.2, 0.25) is 0 Å². The molecule has 1 amide bonds. The number of aliphatic hydroxyl groups excluding tert-OH is 1. The molecule has 3 aromatic rings. The summed E-state index contributed by atoms with van der Waals surface area (Å²) < 4.78 is 6.44. The van der Waals surface area contributed by atoms with E-state index in [2.05, 4.69) is 20.9 Å². The summed E-state index contributed by atoms with van der Waals surface area (Å²) >= 11 is 4.70. The van der Waals surface area contributed by atoms with Crippen molar-refractivity contribution in [2.24, 2.45) is 0 Å². The van der Waals surface area contributed by atoms with Gasteiger partial charge in [0.05, 0.1) is 17.7 Å². The van der Waals surface area contributed by atoms with Crippen molar-refractivity contribution in [3.8, 4) is 5.75 Å². The molecule has 1 aromatic heterocycles. The standard InChI is InChI=1S/C23H19BrN2O4S/c1-13(2)30-17-8-6-14(7-9-17)20(27)18-19(15-4-3-5-16(24)12-15)26(22(29)21(18)28)23-25-10-11-31-23/h3-13,19,27H,1-2H3/b20-18+. The predicted molar refractivity (Wildman–Crippen MR) is 123 cm³/mol. The molecule has 8 heteroatoms. The minimum Gasteiger partial charge on any atom is -0.507 e. The van der Waals surface area contributed by atoms with Crippen LogP contribution in [0, 0.1) is 0 Å². The number of aliphatic hydroxyl groups is 1. The molecule has 1 fully saturated rings. The molecule has 1 aliphatic rings. The lowest BCUT2D eigenvalue weighted by Crippen LogP contribution is -2.29. The molecule has 1 saturated heterocycles. The zero-order valence-corrected chi connectivity index (χ0v) is 19.2. The Balaban J connectivity index is 1.85. The average molecular weight is 499 g/mol. The highest BCUT2D eigenvalue weighted by atomic mass is 79.9. The number of carbonyl (C=O) groups is 2. The van der Waals surface area contributed by atoms with E-state index < -0.39 is 17.7 Å². The smallest absolute Gasteiger partial charge is 0.301 e. The summed E-state index contributed by atoms with van der Waals surface area (Å²) in [6.07, 6.45) is 1.59. The van der Waals surface area contributed by atoms with Crippen molar-refractivity contribution in [1.29, 1.82) is 0 Å². The molecule has 0 bridgehead atoms. The minimum atomic E-state index is -0.796. The second-order valence-electron chi connectivity index (χ2n) is 7.23. The molecule has 0 saturated carbocycles. The molecule has 31 heavy (non-hydrogen) atoms. The van der Waals surface area contributed by atoms with Gasteiger partial charge in [-0.25, -0.2) is 4.98 Å². The highest BCUT2D eigenvalue weighted by molar-refractivity contribution is 9.10. The molecule has 1 atom stereocenters. The van der Waals surface area contributed by atoms with Crippen LogP contribution in [-0.2, 0) is 9.59 Å². The van der Waals surface area contributed by atoms with Crippen molar-refractivity contribution in [2.45, 2.75) is 26.0 Å². The maximum Gasteiger partial charge on any atom is 0.301 e. The molecular formula is C23H19BrN2O4S. The monoisotopic (exact) mass is 498 g/mol. The molecule has 2 aromatic carbocycles. The third kappa shape index (κ3) is 4.13. The van der Waals surface area contributed by atoms with E-state index in [0.717, 1.165) is 4.47 Å². The number of ketones is 1. The van der Waals surface area contributed by atoms with Gasteiger partial charge in [0.2, 0.25) is 0 Å². The highest BCUT2D eigenvalue weighted by Gasteiger charge is 2.48. The normalized spacial score (nSPS) is 18.1. The first kappa shape index (κ1) is 21.3. The zero-order valence-electron chi connectivity index (χ0n) is 16.8. The number of rotatable bonds is 5. The van der Waals surface area contributed by atoms with E-state index in [-0.39, 0.29) is 17.4 Å². The molecule has 0 radical (unpaired) electrons. The molecular weight excluding hydrogens is 480 g/mol. The van der Waals surface area contributed by atoms with Crippen LogP contribution in [-0.4, -0.2) is 27.9 Å². The molecule has 0 aliphatic carbocycles. The van der Waals surface area contributed by atoms with Crippen molar-refractivity contribution in [3.63, 3.8) is 0 Å². The lowest BCUT2D eigenvalue weighted by atomic mass is 9.95. The number of hydrogen-bond donors (Lipinski definition) is 1. The highest BCUT2D eigenvalue weighted by Crippen LogP contribution is 2.43. The van der Waals surface area contributed by atoms with Crippen molar-refractivity contribution < 1.29 is 19.4 Å². The largest absolute Gasteiger partial charge is 0.507 e. The number of carbonyl (C=O) groups excluding carboxylic acids is 2. The molecule has 0 spiro atoms. The Morgan fingerprint density at radius 2 is 1.94 bits per heavy atom. The van der Waals surface area contributed by atoms with E-state index in [1.54, 1.807) is 35.8 Å². The van der Waals surface area contributed by atoms with Gasteiger partial charge in [-0.1, -0.05) is 28.1 Å². The van der Waals surface area contributed by atoms with Crippen molar-refractivity contribution in [1.82, 2.24) is 4.98 Å². The molecule has 6 nitrogen and oxygen atoms in total. The predicted octanol–water partition coefficient (Wildman–Crippen LogP) is 5.32. The third-order valence-corrected chi connectivity index (χ3v) is 6.00. The van der Waals surface area contributed by atoms with Gasteiger partial charge in [-0.2, -0.15) is 0 Å². The van der Waals surface area contributed by atoms with Gasteiger partial charge in [0.1, 0.15) is 11.5 Å². The van der Waals surface area contributed by atoms with Gasteiger partial charge in [-0.05, 0) is 55.8 Å². The molecule has 4 rings (SSSR count). The Labute approximate surface area is 191 Å². The first-order valence-electron chi connectivity index (χ1n) is 9.60. The number of Topliss-reactive ketones (excluding diaryl/α,β-unsaturated/α-hetero) is 1. The van der Waals surface area contributed by atoms with Crippen LogP contribution in [0.1, 0.15) is 31.0 Å². The van der Waals surface area contributed by atoms with Crippen molar-refractivity contribution >= 4 is 49.8 Å². The fraction of sp³-hybridized carbons (Fsp3) is 0.174. The van der Waals surface area contributed by atoms with E-state index in [4.69, 9.17) is 4.74 Å². The molecule has 1 N–H and O–H groups in total. The maximum atomic E-state index is 13.0. The Hall–Kier alpha value is -2.97. The van der Waals surface area contributed by atoms with E-state index >= 15 is 0 Å². The topological polar surface area (TPSA) is 79.7 Å². The van der Waals surface area contributed by atoms with Crippen LogP contribution < -0.4 is 9.64 Å². The fourth-order valence-electron chi connectivity index (χ4n) is 3.48. The van der Waals surface area contributed by atoms with Gasteiger partial charge in [0, 0.05) is 21.6 Å². The summed E-state index contributed by atoms with van der Waals surface area (Å²) in [5.74, 6) is -1.06. The van der Waals surface area contributed by atoms with Gasteiger partial charge in [0.15, 0.2) is 5.13 Å².